The van der Waals surface area contributed by atoms with Crippen LogP contribution < -0.4 is 0 Å². The van der Waals surface area contributed by atoms with E-state index in [1.807, 2.05) is 60.9 Å². The lowest BCUT2D eigenvalue weighted by atomic mass is 9.83. The number of amides is 2. The number of likely N-dealkylation sites (tertiary alicyclic amines) is 3. The molecule has 0 aromatic heterocycles. The summed E-state index contributed by atoms with van der Waals surface area (Å²) < 4.78 is 11.0. The lowest BCUT2D eigenvalue weighted by molar-refractivity contribution is -0.00638. The molecule has 4 rings (SSSR count). The zero-order valence-corrected chi connectivity index (χ0v) is 21.8. The summed E-state index contributed by atoms with van der Waals surface area (Å²) in [5, 5.41) is 0. The fourth-order valence-corrected chi connectivity index (χ4v) is 5.54. The Bertz CT molecular complexity index is 818. The molecule has 0 aliphatic carbocycles. The third-order valence-electron chi connectivity index (χ3n) is 7.58. The Labute approximate surface area is 210 Å². The molecule has 3 heterocycles. The first kappa shape index (κ1) is 25.8. The molecule has 0 bridgehead atoms. The van der Waals surface area contributed by atoms with Crippen molar-refractivity contribution in [2.45, 2.75) is 65.1 Å². The number of hydrogen-bond donors (Lipinski definition) is 0. The average Bonchev–Trinajstić information content (AvgIpc) is 2.80. The zero-order chi connectivity index (χ0) is 24.8. The molecule has 0 N–H and O–H groups in total. The second-order valence-corrected chi connectivity index (χ2v) is 11.7. The summed E-state index contributed by atoms with van der Waals surface area (Å²) >= 11 is 0. The molecule has 0 unspecified atom stereocenters. The third-order valence-corrected chi connectivity index (χ3v) is 7.58. The highest BCUT2D eigenvalue weighted by Gasteiger charge is 2.35. The molecule has 2 amide bonds. The Morgan fingerprint density at radius 1 is 0.829 bits per heavy atom. The van der Waals surface area contributed by atoms with Crippen molar-refractivity contribution in [3.8, 4) is 0 Å². The number of carbonyl (C=O) groups excluding carboxylic acids is 2. The molecule has 3 fully saturated rings. The molecule has 7 nitrogen and oxygen atoms in total. The summed E-state index contributed by atoms with van der Waals surface area (Å²) in [6, 6.07) is 9.85. The minimum atomic E-state index is -0.419. The third kappa shape index (κ3) is 7.86. The largest absolute Gasteiger partial charge is 0.445 e. The summed E-state index contributed by atoms with van der Waals surface area (Å²) in [7, 11) is 0. The molecule has 194 valence electrons. The number of benzene rings is 1. The summed E-state index contributed by atoms with van der Waals surface area (Å²) in [6.07, 6.45) is 5.51. The molecule has 0 spiro atoms. The maximum Gasteiger partial charge on any atom is 0.410 e. The van der Waals surface area contributed by atoms with Crippen LogP contribution in [-0.4, -0.2) is 78.3 Å². The molecule has 3 aliphatic heterocycles. The number of nitrogens with zero attached hydrogens (tertiary/aromatic N) is 3. The molecule has 35 heavy (non-hydrogen) atoms. The Balaban J connectivity index is 1.07. The van der Waals surface area contributed by atoms with E-state index in [0.29, 0.717) is 18.4 Å². The topological polar surface area (TPSA) is 62.3 Å². The van der Waals surface area contributed by atoms with Gasteiger partial charge in [0.25, 0.3) is 0 Å². The van der Waals surface area contributed by atoms with Gasteiger partial charge in [0.05, 0.1) is 0 Å². The van der Waals surface area contributed by atoms with Gasteiger partial charge < -0.3 is 24.2 Å². The van der Waals surface area contributed by atoms with Gasteiger partial charge in [0.15, 0.2) is 0 Å². The van der Waals surface area contributed by atoms with Gasteiger partial charge in [-0.15, -0.1) is 0 Å². The van der Waals surface area contributed by atoms with Gasteiger partial charge in [0.2, 0.25) is 0 Å². The van der Waals surface area contributed by atoms with Crippen LogP contribution >= 0.6 is 0 Å². The Morgan fingerprint density at radius 3 is 2.09 bits per heavy atom. The van der Waals surface area contributed by atoms with E-state index in [4.69, 9.17) is 9.47 Å². The molecule has 3 aliphatic rings. The average molecular weight is 486 g/mol. The van der Waals surface area contributed by atoms with Crippen LogP contribution in [0.5, 0.6) is 0 Å². The molecular formula is C28H43N3O4. The minimum Gasteiger partial charge on any atom is -0.445 e. The SMILES string of the molecule is CC(C)(C)OC(=O)N1CC(CC2CCN(CC3CCN(C(=O)OCc4ccccc4)CC3)CC2)C1. The number of hydrogen-bond acceptors (Lipinski definition) is 5. The van der Waals surface area contributed by atoms with Crippen LogP contribution in [0.4, 0.5) is 9.59 Å². The van der Waals surface area contributed by atoms with E-state index in [0.717, 1.165) is 57.0 Å². The van der Waals surface area contributed by atoms with Crippen molar-refractivity contribution in [2.24, 2.45) is 17.8 Å². The summed E-state index contributed by atoms with van der Waals surface area (Å²) in [5.74, 6) is 2.07. The van der Waals surface area contributed by atoms with Crippen molar-refractivity contribution in [3.05, 3.63) is 35.9 Å². The molecule has 1 aromatic rings. The number of piperidine rings is 2. The van der Waals surface area contributed by atoms with E-state index in [1.165, 1.54) is 32.4 Å². The summed E-state index contributed by atoms with van der Waals surface area (Å²) in [4.78, 5) is 30.9. The van der Waals surface area contributed by atoms with Crippen molar-refractivity contribution in [1.29, 1.82) is 0 Å². The van der Waals surface area contributed by atoms with E-state index >= 15 is 0 Å². The fourth-order valence-electron chi connectivity index (χ4n) is 5.54. The van der Waals surface area contributed by atoms with E-state index in [-0.39, 0.29) is 12.2 Å². The van der Waals surface area contributed by atoms with Crippen LogP contribution in [0, 0.1) is 17.8 Å². The first-order valence-corrected chi connectivity index (χ1v) is 13.4. The second kappa shape index (κ2) is 11.6. The molecule has 0 radical (unpaired) electrons. The first-order valence-electron chi connectivity index (χ1n) is 13.4. The standard InChI is InChI=1S/C28H43N3O4/c1-28(2,3)35-27(33)31-19-25(20-31)17-22-9-13-29(14-10-22)18-23-11-15-30(16-12-23)26(32)34-21-24-7-5-4-6-8-24/h4-8,22-23,25H,9-21H2,1-3H3. The van der Waals surface area contributed by atoms with Gasteiger partial charge in [0, 0.05) is 32.7 Å². The number of rotatable bonds is 6. The van der Waals surface area contributed by atoms with Gasteiger partial charge in [-0.1, -0.05) is 30.3 Å². The highest BCUT2D eigenvalue weighted by atomic mass is 16.6. The number of ether oxygens (including phenoxy) is 2. The van der Waals surface area contributed by atoms with E-state index in [2.05, 4.69) is 4.90 Å². The van der Waals surface area contributed by atoms with Crippen molar-refractivity contribution in [3.63, 3.8) is 0 Å². The molecule has 0 atom stereocenters. The fraction of sp³-hybridized carbons (Fsp3) is 0.714. The maximum absolute atomic E-state index is 12.4. The van der Waals surface area contributed by atoms with Crippen molar-refractivity contribution < 1.29 is 19.1 Å². The van der Waals surface area contributed by atoms with Gasteiger partial charge in [-0.05, 0) is 89.3 Å². The van der Waals surface area contributed by atoms with Gasteiger partial charge >= 0.3 is 12.2 Å². The first-order chi connectivity index (χ1) is 16.7. The minimum absolute atomic E-state index is 0.168. The maximum atomic E-state index is 12.4. The van der Waals surface area contributed by atoms with Crippen LogP contribution in [0.15, 0.2) is 30.3 Å². The van der Waals surface area contributed by atoms with E-state index in [9.17, 15) is 9.59 Å². The van der Waals surface area contributed by atoms with Gasteiger partial charge in [-0.25, -0.2) is 9.59 Å². The van der Waals surface area contributed by atoms with E-state index in [1.54, 1.807) is 0 Å². The Kier molecular flexibility index (Phi) is 8.58. The van der Waals surface area contributed by atoms with Crippen LogP contribution in [0.3, 0.4) is 0 Å². The molecule has 7 heteroatoms. The van der Waals surface area contributed by atoms with Crippen LogP contribution in [0.2, 0.25) is 0 Å². The van der Waals surface area contributed by atoms with Crippen LogP contribution in [-0.2, 0) is 16.1 Å². The smallest absolute Gasteiger partial charge is 0.410 e. The number of carbonyl (C=O) groups is 2. The van der Waals surface area contributed by atoms with Crippen molar-refractivity contribution >= 4 is 12.2 Å². The van der Waals surface area contributed by atoms with Crippen LogP contribution in [0.25, 0.3) is 0 Å². The second-order valence-electron chi connectivity index (χ2n) is 11.7. The summed E-state index contributed by atoms with van der Waals surface area (Å²) in [6.45, 7) is 12.9. The van der Waals surface area contributed by atoms with Gasteiger partial charge in [-0.2, -0.15) is 0 Å². The van der Waals surface area contributed by atoms with Crippen molar-refractivity contribution in [1.82, 2.24) is 14.7 Å². The van der Waals surface area contributed by atoms with Crippen LogP contribution in [0.1, 0.15) is 58.4 Å². The Hall–Kier alpha value is -2.28. The zero-order valence-electron chi connectivity index (χ0n) is 21.8. The Morgan fingerprint density at radius 2 is 1.46 bits per heavy atom. The van der Waals surface area contributed by atoms with Gasteiger partial charge in [0.1, 0.15) is 12.2 Å². The van der Waals surface area contributed by atoms with Crippen molar-refractivity contribution in [2.75, 3.05) is 45.8 Å². The predicted molar refractivity (Wildman–Crippen MR) is 136 cm³/mol. The highest BCUT2D eigenvalue weighted by molar-refractivity contribution is 5.69. The predicted octanol–water partition coefficient (Wildman–Crippen LogP) is 5.00. The molecule has 0 saturated carbocycles. The monoisotopic (exact) mass is 485 g/mol. The lowest BCUT2D eigenvalue weighted by Crippen LogP contribution is -2.52. The quantitative estimate of drug-likeness (QED) is 0.567. The normalized spacial score (nSPS) is 21.0. The molecule has 3 saturated heterocycles. The molecular weight excluding hydrogens is 442 g/mol. The molecule has 1 aromatic carbocycles. The summed E-state index contributed by atoms with van der Waals surface area (Å²) in [5.41, 5.74) is 0.605. The lowest BCUT2D eigenvalue weighted by Gasteiger charge is -2.43. The van der Waals surface area contributed by atoms with Gasteiger partial charge in [-0.3, -0.25) is 0 Å². The van der Waals surface area contributed by atoms with E-state index < -0.39 is 5.60 Å². The highest BCUT2D eigenvalue weighted by Crippen LogP contribution is 2.31.